The molecule has 0 aliphatic carbocycles. The van der Waals surface area contributed by atoms with Gasteiger partial charge in [-0.1, -0.05) is 0 Å². The lowest BCUT2D eigenvalue weighted by atomic mass is 10.0. The number of hydrogen-bond acceptors (Lipinski definition) is 6. The van der Waals surface area contributed by atoms with Gasteiger partial charge in [0.25, 0.3) is 0 Å². The molecule has 0 spiro atoms. The molecule has 162 valence electrons. The third-order valence-electron chi connectivity index (χ3n) is 4.57. The van der Waals surface area contributed by atoms with Crippen LogP contribution in [0.25, 0.3) is 0 Å². The van der Waals surface area contributed by atoms with Crippen LogP contribution in [0, 0.1) is 0 Å². The smallest absolute Gasteiger partial charge is 0.492 e. The number of rotatable bonds is 2. The Morgan fingerprint density at radius 1 is 1.17 bits per heavy atom. The predicted molar refractivity (Wildman–Crippen MR) is 100 cm³/mol. The van der Waals surface area contributed by atoms with Gasteiger partial charge >= 0.3 is 12.5 Å². The maximum atomic E-state index is 13.0. The standard InChI is InChI=1S/C19H26F3N3O4/c1-18(2,3)29-17(26)25-6-4-24(5-7-25)14-10-15-12(8-13(23)11-27-15)9-16(14)28-19(20,21)22/h9-10,13H,4-8,11,23H2,1-3H3. The van der Waals surface area contributed by atoms with Gasteiger partial charge in [0.15, 0.2) is 5.75 Å². The van der Waals surface area contributed by atoms with E-state index in [0.717, 1.165) is 0 Å². The van der Waals surface area contributed by atoms with Gasteiger partial charge in [0.2, 0.25) is 0 Å². The Morgan fingerprint density at radius 2 is 1.83 bits per heavy atom. The fraction of sp³-hybridized carbons (Fsp3) is 0.632. The molecule has 1 fully saturated rings. The lowest BCUT2D eigenvalue weighted by molar-refractivity contribution is -0.274. The fourth-order valence-corrected chi connectivity index (χ4v) is 3.33. The van der Waals surface area contributed by atoms with Crippen LogP contribution in [0.3, 0.4) is 0 Å². The molecule has 0 radical (unpaired) electrons. The highest BCUT2D eigenvalue weighted by Gasteiger charge is 2.35. The number of hydrogen-bond donors (Lipinski definition) is 1. The van der Waals surface area contributed by atoms with Crippen molar-refractivity contribution in [3.05, 3.63) is 17.7 Å². The van der Waals surface area contributed by atoms with Crippen LogP contribution in [0.1, 0.15) is 26.3 Å². The number of anilines is 1. The Morgan fingerprint density at radius 3 is 2.41 bits per heavy atom. The average Bonchev–Trinajstić information content (AvgIpc) is 2.58. The van der Waals surface area contributed by atoms with Crippen LogP contribution < -0.4 is 20.1 Å². The molecule has 10 heteroatoms. The van der Waals surface area contributed by atoms with E-state index in [-0.39, 0.29) is 17.5 Å². The number of benzene rings is 1. The monoisotopic (exact) mass is 417 g/mol. The first-order valence-electron chi connectivity index (χ1n) is 9.45. The van der Waals surface area contributed by atoms with E-state index in [1.807, 2.05) is 0 Å². The van der Waals surface area contributed by atoms with Crippen molar-refractivity contribution < 1.29 is 32.2 Å². The van der Waals surface area contributed by atoms with Gasteiger partial charge in [-0.15, -0.1) is 13.2 Å². The molecule has 0 saturated carbocycles. The van der Waals surface area contributed by atoms with Gasteiger partial charge in [0, 0.05) is 38.3 Å². The first kappa shape index (κ1) is 21.4. The summed E-state index contributed by atoms with van der Waals surface area (Å²) in [6, 6.07) is 2.63. The number of carbonyl (C=O) groups is 1. The van der Waals surface area contributed by atoms with E-state index in [2.05, 4.69) is 4.74 Å². The van der Waals surface area contributed by atoms with Crippen molar-refractivity contribution in [1.29, 1.82) is 0 Å². The first-order chi connectivity index (χ1) is 13.4. The topological polar surface area (TPSA) is 77.3 Å². The van der Waals surface area contributed by atoms with Gasteiger partial charge in [0.05, 0.1) is 5.69 Å². The highest BCUT2D eigenvalue weighted by molar-refractivity contribution is 5.69. The Hall–Kier alpha value is -2.36. The minimum Gasteiger partial charge on any atom is -0.492 e. The lowest BCUT2D eigenvalue weighted by Crippen LogP contribution is -2.50. The molecule has 1 atom stereocenters. The Kier molecular flexibility index (Phi) is 5.75. The van der Waals surface area contributed by atoms with Gasteiger partial charge in [-0.05, 0) is 38.8 Å². The molecule has 1 saturated heterocycles. The van der Waals surface area contributed by atoms with E-state index in [4.69, 9.17) is 15.2 Å². The molecule has 1 amide bonds. The van der Waals surface area contributed by atoms with E-state index >= 15 is 0 Å². The van der Waals surface area contributed by atoms with E-state index < -0.39 is 18.1 Å². The van der Waals surface area contributed by atoms with Crippen LogP contribution in [0.2, 0.25) is 0 Å². The number of halogens is 3. The molecule has 2 aliphatic rings. The molecule has 2 N–H and O–H groups in total. The normalized spacial score (nSPS) is 20.0. The number of carbonyl (C=O) groups excluding carboxylic acids is 1. The van der Waals surface area contributed by atoms with Crippen LogP contribution >= 0.6 is 0 Å². The van der Waals surface area contributed by atoms with E-state index in [1.165, 1.54) is 6.07 Å². The molecule has 0 bridgehead atoms. The second kappa shape index (κ2) is 7.81. The Labute approximate surface area is 167 Å². The summed E-state index contributed by atoms with van der Waals surface area (Å²) in [4.78, 5) is 15.5. The Bertz CT molecular complexity index is 756. The molecule has 1 aromatic carbocycles. The number of amides is 1. The maximum Gasteiger partial charge on any atom is 0.573 e. The minimum absolute atomic E-state index is 0.274. The lowest BCUT2D eigenvalue weighted by Gasteiger charge is -2.37. The van der Waals surface area contributed by atoms with Crippen LogP contribution in [-0.2, 0) is 11.2 Å². The second-order valence-corrected chi connectivity index (χ2v) is 8.21. The summed E-state index contributed by atoms with van der Waals surface area (Å²) in [6.45, 7) is 6.96. The number of nitrogens with zero attached hydrogens (tertiary/aromatic N) is 2. The number of ether oxygens (including phenoxy) is 3. The number of nitrogens with two attached hydrogens (primary N) is 1. The average molecular weight is 417 g/mol. The Balaban J connectivity index is 1.78. The summed E-state index contributed by atoms with van der Waals surface area (Å²) in [5, 5.41) is 0. The molecular weight excluding hydrogens is 391 g/mol. The van der Waals surface area contributed by atoms with Gasteiger partial charge in [-0.2, -0.15) is 0 Å². The number of fused-ring (bicyclic) bond motifs is 1. The highest BCUT2D eigenvalue weighted by Crippen LogP contribution is 2.40. The zero-order chi connectivity index (χ0) is 21.4. The molecule has 29 heavy (non-hydrogen) atoms. The third-order valence-corrected chi connectivity index (χ3v) is 4.57. The zero-order valence-corrected chi connectivity index (χ0v) is 16.7. The minimum atomic E-state index is -4.82. The SMILES string of the molecule is CC(C)(C)OC(=O)N1CCN(c2cc3c(cc2OC(F)(F)F)CC(N)CO3)CC1. The molecular formula is C19H26F3N3O4. The van der Waals surface area contributed by atoms with Crippen molar-refractivity contribution in [2.24, 2.45) is 5.73 Å². The zero-order valence-electron chi connectivity index (χ0n) is 16.7. The summed E-state index contributed by atoms with van der Waals surface area (Å²) in [6.07, 6.45) is -4.85. The van der Waals surface area contributed by atoms with Gasteiger partial charge < -0.3 is 29.7 Å². The fourth-order valence-electron chi connectivity index (χ4n) is 3.33. The molecule has 2 heterocycles. The largest absolute Gasteiger partial charge is 0.573 e. The van der Waals surface area contributed by atoms with E-state index in [0.29, 0.717) is 50.5 Å². The number of alkyl halides is 3. The quantitative estimate of drug-likeness (QED) is 0.798. The van der Waals surface area contributed by atoms with Crippen LogP contribution in [-0.4, -0.2) is 61.8 Å². The van der Waals surface area contributed by atoms with Crippen molar-refractivity contribution in [2.75, 3.05) is 37.7 Å². The van der Waals surface area contributed by atoms with Crippen molar-refractivity contribution >= 4 is 11.8 Å². The second-order valence-electron chi connectivity index (χ2n) is 8.21. The summed E-state index contributed by atoms with van der Waals surface area (Å²) >= 11 is 0. The van der Waals surface area contributed by atoms with Crippen molar-refractivity contribution in [3.8, 4) is 11.5 Å². The van der Waals surface area contributed by atoms with Crippen molar-refractivity contribution in [1.82, 2.24) is 4.90 Å². The van der Waals surface area contributed by atoms with Crippen molar-refractivity contribution in [3.63, 3.8) is 0 Å². The molecule has 1 unspecified atom stereocenters. The molecule has 3 rings (SSSR count). The van der Waals surface area contributed by atoms with Crippen LogP contribution in [0.5, 0.6) is 11.5 Å². The molecule has 0 aromatic heterocycles. The van der Waals surface area contributed by atoms with Gasteiger partial charge in [0.1, 0.15) is 18.0 Å². The van der Waals surface area contributed by atoms with Gasteiger partial charge in [-0.25, -0.2) is 4.79 Å². The molecule has 2 aliphatic heterocycles. The first-order valence-corrected chi connectivity index (χ1v) is 9.45. The molecule has 1 aromatic rings. The maximum absolute atomic E-state index is 13.0. The summed E-state index contributed by atoms with van der Waals surface area (Å²) in [5.41, 5.74) is 6.10. The van der Waals surface area contributed by atoms with E-state index in [1.54, 1.807) is 36.6 Å². The van der Waals surface area contributed by atoms with Crippen molar-refractivity contribution in [2.45, 2.75) is 45.2 Å². The summed E-state index contributed by atoms with van der Waals surface area (Å²) in [7, 11) is 0. The van der Waals surface area contributed by atoms with Crippen LogP contribution in [0.15, 0.2) is 12.1 Å². The summed E-state index contributed by atoms with van der Waals surface area (Å²) < 4.78 is 54.1. The molecule has 7 nitrogen and oxygen atoms in total. The van der Waals surface area contributed by atoms with E-state index in [9.17, 15) is 18.0 Å². The van der Waals surface area contributed by atoms with Crippen LogP contribution in [0.4, 0.5) is 23.7 Å². The van der Waals surface area contributed by atoms with Gasteiger partial charge in [-0.3, -0.25) is 0 Å². The third kappa shape index (κ3) is 5.59. The summed E-state index contributed by atoms with van der Waals surface area (Å²) in [5.74, 6) is 0.213. The highest BCUT2D eigenvalue weighted by atomic mass is 19.4. The number of piperazine rings is 1. The predicted octanol–water partition coefficient (Wildman–Crippen LogP) is 2.90.